The fourth-order valence-electron chi connectivity index (χ4n) is 2.47. The first-order valence-electron chi connectivity index (χ1n) is 9.41. The number of nitrogens with zero attached hydrogens (tertiary/aromatic N) is 1. The molecular formula is C21H32IN3O3. The molecule has 0 spiro atoms. The number of ether oxygens (including phenoxy) is 1. The largest absolute Gasteiger partial charge is 0.493 e. The van der Waals surface area contributed by atoms with Gasteiger partial charge >= 0.3 is 0 Å². The normalized spacial score (nSPS) is 13.6. The Hall–Kier alpha value is -1.74. The summed E-state index contributed by atoms with van der Waals surface area (Å²) >= 11 is 0. The molecule has 2 aromatic rings. The average Bonchev–Trinajstić information content (AvgIpc) is 3.18. The molecular weight excluding hydrogens is 469 g/mol. The third kappa shape index (κ3) is 7.71. The van der Waals surface area contributed by atoms with Gasteiger partial charge in [0.1, 0.15) is 17.1 Å². The van der Waals surface area contributed by atoms with E-state index in [0.717, 1.165) is 17.9 Å². The second-order valence-electron chi connectivity index (χ2n) is 7.11. The van der Waals surface area contributed by atoms with Gasteiger partial charge < -0.3 is 24.9 Å². The van der Waals surface area contributed by atoms with Crippen molar-refractivity contribution >= 4 is 29.9 Å². The number of aliphatic imine (C=N–C) groups is 1. The molecule has 0 amide bonds. The number of halogens is 1. The molecule has 1 aromatic carbocycles. The molecule has 1 heterocycles. The SMILES string of the molecule is CCNC(=NCc1ccccc1OCC(C)C)NCC(C)(O)c1ccco1.I. The molecule has 0 aliphatic rings. The van der Waals surface area contributed by atoms with Crippen LogP contribution in [0.15, 0.2) is 52.1 Å². The summed E-state index contributed by atoms with van der Waals surface area (Å²) < 4.78 is 11.2. The van der Waals surface area contributed by atoms with E-state index in [1.165, 1.54) is 0 Å². The van der Waals surface area contributed by atoms with E-state index >= 15 is 0 Å². The maximum atomic E-state index is 10.6. The summed E-state index contributed by atoms with van der Waals surface area (Å²) in [6, 6.07) is 11.4. The number of benzene rings is 1. The molecule has 0 aliphatic heterocycles. The van der Waals surface area contributed by atoms with Crippen LogP contribution in [0.1, 0.15) is 39.0 Å². The molecule has 1 unspecified atom stereocenters. The standard InChI is InChI=1S/C21H31N3O3.HI/c1-5-22-20(24-15-21(4,25)19-11-8-12-26-19)23-13-17-9-6-7-10-18(17)27-14-16(2)3;/h6-12,16,25H,5,13-15H2,1-4H3,(H2,22,23,24);1H. The van der Waals surface area contributed by atoms with E-state index in [4.69, 9.17) is 9.15 Å². The summed E-state index contributed by atoms with van der Waals surface area (Å²) in [6.07, 6.45) is 1.55. The van der Waals surface area contributed by atoms with Crippen molar-refractivity contribution in [2.45, 2.75) is 39.8 Å². The Morgan fingerprint density at radius 2 is 1.96 bits per heavy atom. The van der Waals surface area contributed by atoms with Crippen LogP contribution in [0.2, 0.25) is 0 Å². The molecule has 1 atom stereocenters. The minimum Gasteiger partial charge on any atom is -0.493 e. The van der Waals surface area contributed by atoms with E-state index in [-0.39, 0.29) is 30.5 Å². The van der Waals surface area contributed by atoms with Crippen LogP contribution in [0, 0.1) is 5.92 Å². The number of rotatable bonds is 9. The molecule has 0 radical (unpaired) electrons. The molecule has 0 fully saturated rings. The second-order valence-corrected chi connectivity index (χ2v) is 7.11. The lowest BCUT2D eigenvalue weighted by Crippen LogP contribution is -2.44. The lowest BCUT2D eigenvalue weighted by molar-refractivity contribution is 0.0386. The Balaban J connectivity index is 0.00000392. The Bertz CT molecular complexity index is 715. The number of furan rings is 1. The monoisotopic (exact) mass is 501 g/mol. The first kappa shape index (κ1) is 24.3. The highest BCUT2D eigenvalue weighted by atomic mass is 127. The third-order valence-corrected chi connectivity index (χ3v) is 3.95. The summed E-state index contributed by atoms with van der Waals surface area (Å²) in [5.74, 6) is 2.46. The number of hydrogen-bond donors (Lipinski definition) is 3. The van der Waals surface area contributed by atoms with Gasteiger partial charge in [0.25, 0.3) is 0 Å². The van der Waals surface area contributed by atoms with Gasteiger partial charge in [0.2, 0.25) is 0 Å². The van der Waals surface area contributed by atoms with E-state index in [0.29, 0.717) is 30.8 Å². The summed E-state index contributed by atoms with van der Waals surface area (Å²) in [4.78, 5) is 4.63. The van der Waals surface area contributed by atoms with Crippen LogP contribution in [0.25, 0.3) is 0 Å². The Kier molecular flexibility index (Phi) is 10.4. The van der Waals surface area contributed by atoms with Crippen molar-refractivity contribution in [3.05, 3.63) is 54.0 Å². The lowest BCUT2D eigenvalue weighted by Gasteiger charge is -2.22. The van der Waals surface area contributed by atoms with Crippen LogP contribution in [0.5, 0.6) is 5.75 Å². The van der Waals surface area contributed by atoms with Crippen LogP contribution in [-0.4, -0.2) is 30.8 Å². The van der Waals surface area contributed by atoms with Crippen molar-refractivity contribution in [2.75, 3.05) is 19.7 Å². The Labute approximate surface area is 184 Å². The van der Waals surface area contributed by atoms with E-state index in [1.54, 1.807) is 25.3 Å². The number of guanidine groups is 1. The molecule has 7 heteroatoms. The summed E-state index contributed by atoms with van der Waals surface area (Å²) in [5, 5.41) is 17.0. The molecule has 156 valence electrons. The summed E-state index contributed by atoms with van der Waals surface area (Å²) in [7, 11) is 0. The quantitative estimate of drug-likeness (QED) is 0.276. The lowest BCUT2D eigenvalue weighted by atomic mass is 10.0. The van der Waals surface area contributed by atoms with Crippen molar-refractivity contribution in [1.29, 1.82) is 0 Å². The van der Waals surface area contributed by atoms with Gasteiger partial charge in [0.15, 0.2) is 5.96 Å². The third-order valence-electron chi connectivity index (χ3n) is 3.95. The summed E-state index contributed by atoms with van der Waals surface area (Å²) in [6.45, 7) is 10.1. The molecule has 1 aromatic heterocycles. The predicted octanol–water partition coefficient (Wildman–Crippen LogP) is 3.90. The Morgan fingerprint density at radius 3 is 2.61 bits per heavy atom. The Morgan fingerprint density at radius 1 is 1.21 bits per heavy atom. The van der Waals surface area contributed by atoms with E-state index in [2.05, 4.69) is 29.5 Å². The minimum absolute atomic E-state index is 0. The van der Waals surface area contributed by atoms with Gasteiger partial charge in [-0.25, -0.2) is 4.99 Å². The topological polar surface area (TPSA) is 79.0 Å². The zero-order valence-electron chi connectivity index (χ0n) is 17.1. The zero-order chi connectivity index (χ0) is 19.7. The fourth-order valence-corrected chi connectivity index (χ4v) is 2.47. The van der Waals surface area contributed by atoms with Gasteiger partial charge in [0.05, 0.1) is 26.0 Å². The van der Waals surface area contributed by atoms with Crippen LogP contribution in [0.4, 0.5) is 0 Å². The first-order valence-corrected chi connectivity index (χ1v) is 9.41. The van der Waals surface area contributed by atoms with Gasteiger partial charge in [-0.2, -0.15) is 0 Å². The van der Waals surface area contributed by atoms with Gasteiger partial charge in [-0.1, -0.05) is 32.0 Å². The fraction of sp³-hybridized carbons (Fsp3) is 0.476. The highest BCUT2D eigenvalue weighted by Crippen LogP contribution is 2.21. The van der Waals surface area contributed by atoms with Gasteiger partial charge in [-0.15, -0.1) is 24.0 Å². The molecule has 6 nitrogen and oxygen atoms in total. The number of nitrogens with one attached hydrogen (secondary N) is 2. The van der Waals surface area contributed by atoms with Crippen molar-refractivity contribution in [3.8, 4) is 5.75 Å². The minimum atomic E-state index is -1.13. The molecule has 0 aliphatic carbocycles. The molecule has 3 N–H and O–H groups in total. The number of hydrogen-bond acceptors (Lipinski definition) is 4. The van der Waals surface area contributed by atoms with Crippen molar-refractivity contribution < 1.29 is 14.3 Å². The van der Waals surface area contributed by atoms with Crippen molar-refractivity contribution in [3.63, 3.8) is 0 Å². The highest BCUT2D eigenvalue weighted by molar-refractivity contribution is 14.0. The smallest absolute Gasteiger partial charge is 0.191 e. The highest BCUT2D eigenvalue weighted by Gasteiger charge is 2.26. The second kappa shape index (κ2) is 12.0. The number of para-hydroxylation sites is 1. The zero-order valence-corrected chi connectivity index (χ0v) is 19.4. The number of aliphatic hydroxyl groups is 1. The van der Waals surface area contributed by atoms with Crippen LogP contribution in [0.3, 0.4) is 0 Å². The van der Waals surface area contributed by atoms with Crippen LogP contribution in [-0.2, 0) is 12.1 Å². The predicted molar refractivity (Wildman–Crippen MR) is 123 cm³/mol. The van der Waals surface area contributed by atoms with Crippen LogP contribution >= 0.6 is 24.0 Å². The molecule has 28 heavy (non-hydrogen) atoms. The van der Waals surface area contributed by atoms with Gasteiger partial charge in [-0.3, -0.25) is 0 Å². The maximum Gasteiger partial charge on any atom is 0.191 e. The molecule has 0 saturated carbocycles. The van der Waals surface area contributed by atoms with E-state index in [1.807, 2.05) is 31.2 Å². The van der Waals surface area contributed by atoms with Crippen LogP contribution < -0.4 is 15.4 Å². The molecule has 2 rings (SSSR count). The molecule has 0 saturated heterocycles. The average molecular weight is 501 g/mol. The summed E-state index contributed by atoms with van der Waals surface area (Å²) in [5.41, 5.74) is -0.106. The van der Waals surface area contributed by atoms with Gasteiger partial charge in [-0.05, 0) is 38.0 Å². The maximum absolute atomic E-state index is 10.6. The van der Waals surface area contributed by atoms with Gasteiger partial charge in [0, 0.05) is 12.1 Å². The van der Waals surface area contributed by atoms with E-state index in [9.17, 15) is 5.11 Å². The molecule has 0 bridgehead atoms. The van der Waals surface area contributed by atoms with Crippen molar-refractivity contribution in [2.24, 2.45) is 10.9 Å². The van der Waals surface area contributed by atoms with E-state index < -0.39 is 5.60 Å². The first-order chi connectivity index (χ1) is 12.9. The van der Waals surface area contributed by atoms with Crippen molar-refractivity contribution in [1.82, 2.24) is 10.6 Å².